The third kappa shape index (κ3) is 1.62. The number of rotatable bonds is 2. The summed E-state index contributed by atoms with van der Waals surface area (Å²) in [4.78, 5) is 0. The van der Waals surface area contributed by atoms with Crippen LogP contribution in [0.25, 0.3) is 0 Å². The molecule has 0 bridgehead atoms. The Labute approximate surface area is 69.6 Å². The fraction of sp³-hybridized carbons (Fsp3) is 0.111. The third-order valence-corrected chi connectivity index (χ3v) is 1.52. The molecule has 0 aromatic heterocycles. The quantitative estimate of drug-likeness (QED) is 0.662. The number of hydrogen-bond donors (Lipinski definition) is 2. The fourth-order valence-electron chi connectivity index (χ4n) is 0.876. The van der Waals surface area contributed by atoms with Gasteiger partial charge < -0.3 is 10.2 Å². The first-order chi connectivity index (χ1) is 5.63. The van der Waals surface area contributed by atoms with E-state index in [4.69, 9.17) is 5.11 Å². The highest BCUT2D eigenvalue weighted by Gasteiger charge is 2.13. The van der Waals surface area contributed by atoms with E-state index in [1.54, 1.807) is 6.07 Å². The van der Waals surface area contributed by atoms with Crippen LogP contribution in [0.15, 0.2) is 36.6 Å². The minimum Gasteiger partial charge on any atom is -0.510 e. The van der Waals surface area contributed by atoms with E-state index in [1.165, 1.54) is 18.2 Å². The van der Waals surface area contributed by atoms with Crippen LogP contribution in [0.1, 0.15) is 11.7 Å². The Morgan fingerprint density at radius 3 is 2.50 bits per heavy atom. The molecule has 2 N–H and O–H groups in total. The summed E-state index contributed by atoms with van der Waals surface area (Å²) in [5, 5.41) is 18.0. The predicted molar refractivity (Wildman–Crippen MR) is 43.1 cm³/mol. The largest absolute Gasteiger partial charge is 0.510 e. The highest BCUT2D eigenvalue weighted by Crippen LogP contribution is 2.20. The Bertz CT molecular complexity index is 296. The van der Waals surface area contributed by atoms with Gasteiger partial charge in [-0.15, -0.1) is 0 Å². The molecule has 0 spiro atoms. The van der Waals surface area contributed by atoms with Crippen molar-refractivity contribution < 1.29 is 14.6 Å². The first-order valence-electron chi connectivity index (χ1n) is 3.43. The second kappa shape index (κ2) is 3.36. The maximum absolute atomic E-state index is 12.9. The van der Waals surface area contributed by atoms with E-state index in [-0.39, 0.29) is 5.56 Å². The lowest BCUT2D eigenvalue weighted by Gasteiger charge is -2.09. The van der Waals surface area contributed by atoms with Crippen molar-refractivity contribution in [2.24, 2.45) is 0 Å². The first kappa shape index (κ1) is 8.74. The molecule has 1 aromatic rings. The van der Waals surface area contributed by atoms with E-state index in [9.17, 15) is 9.50 Å². The number of benzene rings is 1. The molecule has 12 heavy (non-hydrogen) atoms. The normalized spacial score (nSPS) is 12.5. The average molecular weight is 168 g/mol. The van der Waals surface area contributed by atoms with Crippen LogP contribution in [0.2, 0.25) is 0 Å². The van der Waals surface area contributed by atoms with Crippen LogP contribution in [-0.4, -0.2) is 10.2 Å². The molecule has 0 saturated heterocycles. The van der Waals surface area contributed by atoms with Gasteiger partial charge in [0, 0.05) is 5.56 Å². The van der Waals surface area contributed by atoms with Crippen molar-refractivity contribution in [2.45, 2.75) is 6.10 Å². The van der Waals surface area contributed by atoms with Crippen LogP contribution in [0.5, 0.6) is 0 Å². The highest BCUT2D eigenvalue weighted by atomic mass is 19.1. The topological polar surface area (TPSA) is 40.5 Å². The molecule has 0 fully saturated rings. The molecule has 1 unspecified atom stereocenters. The van der Waals surface area contributed by atoms with Crippen molar-refractivity contribution in [3.8, 4) is 0 Å². The number of halogens is 1. The summed E-state index contributed by atoms with van der Waals surface area (Å²) in [7, 11) is 0. The van der Waals surface area contributed by atoms with Crippen LogP contribution in [0.4, 0.5) is 4.39 Å². The van der Waals surface area contributed by atoms with Gasteiger partial charge in [0.05, 0.1) is 0 Å². The Morgan fingerprint density at radius 1 is 1.42 bits per heavy atom. The van der Waals surface area contributed by atoms with Crippen molar-refractivity contribution in [3.63, 3.8) is 0 Å². The Morgan fingerprint density at radius 2 is 2.00 bits per heavy atom. The van der Waals surface area contributed by atoms with Gasteiger partial charge in [0.15, 0.2) is 0 Å². The molecule has 2 nitrogen and oxygen atoms in total. The van der Waals surface area contributed by atoms with E-state index in [2.05, 4.69) is 6.58 Å². The molecule has 0 amide bonds. The summed E-state index contributed by atoms with van der Waals surface area (Å²) in [5.74, 6) is -1.01. The molecule has 1 rings (SSSR count). The van der Waals surface area contributed by atoms with Crippen molar-refractivity contribution in [1.29, 1.82) is 0 Å². The van der Waals surface area contributed by atoms with Crippen LogP contribution in [0, 0.1) is 5.82 Å². The zero-order valence-electron chi connectivity index (χ0n) is 6.37. The minimum atomic E-state index is -1.34. The summed E-state index contributed by atoms with van der Waals surface area (Å²) in [5.41, 5.74) is 0.0324. The van der Waals surface area contributed by atoms with Gasteiger partial charge in [0.1, 0.15) is 17.7 Å². The molecular formula is C9H9FO2. The zero-order chi connectivity index (χ0) is 9.14. The van der Waals surface area contributed by atoms with Gasteiger partial charge in [0.25, 0.3) is 0 Å². The second-order valence-corrected chi connectivity index (χ2v) is 2.42. The molecule has 1 atom stereocenters. The van der Waals surface area contributed by atoms with Crippen LogP contribution in [-0.2, 0) is 0 Å². The molecule has 0 saturated carbocycles. The monoisotopic (exact) mass is 168 g/mol. The fourth-order valence-corrected chi connectivity index (χ4v) is 0.876. The Balaban J connectivity index is 3.02. The van der Waals surface area contributed by atoms with Gasteiger partial charge in [0.2, 0.25) is 0 Å². The third-order valence-electron chi connectivity index (χ3n) is 1.52. The lowest BCUT2D eigenvalue weighted by atomic mass is 10.1. The maximum atomic E-state index is 12.9. The number of aliphatic hydroxyl groups is 2. The van der Waals surface area contributed by atoms with E-state index in [0.717, 1.165) is 0 Å². The van der Waals surface area contributed by atoms with E-state index in [1.807, 2.05) is 0 Å². The molecule has 0 aliphatic carbocycles. The first-order valence-corrected chi connectivity index (χ1v) is 3.43. The van der Waals surface area contributed by atoms with Crippen molar-refractivity contribution in [1.82, 2.24) is 0 Å². The highest BCUT2D eigenvalue weighted by molar-refractivity contribution is 5.23. The molecule has 0 aliphatic heterocycles. The molecule has 0 radical (unpaired) electrons. The van der Waals surface area contributed by atoms with Crippen molar-refractivity contribution in [2.75, 3.05) is 0 Å². The molecular weight excluding hydrogens is 159 g/mol. The van der Waals surface area contributed by atoms with Gasteiger partial charge in [-0.05, 0) is 6.07 Å². The summed E-state index contributed by atoms with van der Waals surface area (Å²) in [6.07, 6.45) is -1.34. The second-order valence-electron chi connectivity index (χ2n) is 2.42. The smallest absolute Gasteiger partial charge is 0.138 e. The number of hydrogen-bond acceptors (Lipinski definition) is 2. The zero-order valence-corrected chi connectivity index (χ0v) is 6.37. The van der Waals surface area contributed by atoms with Crippen molar-refractivity contribution >= 4 is 0 Å². The summed E-state index contributed by atoms with van der Waals surface area (Å²) < 4.78 is 12.9. The van der Waals surface area contributed by atoms with Crippen LogP contribution in [0.3, 0.4) is 0 Å². The standard InChI is InChI=1S/C9H9FO2/c1-6(11)9(12)7-4-2-3-5-8(7)10/h2-5,9,11-12H,1H2. The SMILES string of the molecule is C=C(O)C(O)c1ccccc1F. The summed E-state index contributed by atoms with van der Waals surface area (Å²) in [6.45, 7) is 3.11. The van der Waals surface area contributed by atoms with Gasteiger partial charge in [-0.2, -0.15) is 0 Å². The van der Waals surface area contributed by atoms with E-state index in [0.29, 0.717) is 0 Å². The van der Waals surface area contributed by atoms with Crippen molar-refractivity contribution in [3.05, 3.63) is 48.0 Å². The minimum absolute atomic E-state index is 0.0324. The van der Waals surface area contributed by atoms with Crippen LogP contribution < -0.4 is 0 Å². The van der Waals surface area contributed by atoms with Gasteiger partial charge in [-0.3, -0.25) is 0 Å². The summed E-state index contributed by atoms with van der Waals surface area (Å²) >= 11 is 0. The lowest BCUT2D eigenvalue weighted by Crippen LogP contribution is -2.02. The molecule has 3 heteroatoms. The van der Waals surface area contributed by atoms with Crippen LogP contribution >= 0.6 is 0 Å². The molecule has 64 valence electrons. The van der Waals surface area contributed by atoms with Gasteiger partial charge in [-0.25, -0.2) is 4.39 Å². The molecule has 1 aromatic carbocycles. The van der Waals surface area contributed by atoms with Gasteiger partial charge >= 0.3 is 0 Å². The van der Waals surface area contributed by atoms with E-state index < -0.39 is 17.7 Å². The average Bonchev–Trinajstić information content (AvgIpc) is 2.04. The Hall–Kier alpha value is -1.35. The lowest BCUT2D eigenvalue weighted by molar-refractivity contribution is 0.152. The Kier molecular flexibility index (Phi) is 2.45. The summed E-state index contributed by atoms with van der Waals surface area (Å²) in [6, 6.07) is 5.68. The van der Waals surface area contributed by atoms with Gasteiger partial charge in [-0.1, -0.05) is 24.8 Å². The molecule has 0 aliphatic rings. The predicted octanol–water partition coefficient (Wildman–Crippen LogP) is 1.93. The molecule has 0 heterocycles. The maximum Gasteiger partial charge on any atom is 0.138 e. The van der Waals surface area contributed by atoms with E-state index >= 15 is 0 Å². The number of aliphatic hydroxyl groups excluding tert-OH is 2.